The number of ether oxygens (including phenoxy) is 2. The van der Waals surface area contributed by atoms with Crippen molar-refractivity contribution in [2.45, 2.75) is 37.6 Å². The van der Waals surface area contributed by atoms with E-state index < -0.39 is 10.0 Å². The van der Waals surface area contributed by atoms with Gasteiger partial charge in [-0.25, -0.2) is 18.1 Å². The van der Waals surface area contributed by atoms with Crippen LogP contribution in [0.3, 0.4) is 0 Å². The smallest absolute Gasteiger partial charge is 0.240 e. The van der Waals surface area contributed by atoms with Gasteiger partial charge in [-0.1, -0.05) is 12.1 Å². The Morgan fingerprint density at radius 3 is 2.53 bits per heavy atom. The molecule has 0 amide bonds. The van der Waals surface area contributed by atoms with Crippen LogP contribution in [0.25, 0.3) is 0 Å². The van der Waals surface area contributed by atoms with Gasteiger partial charge in [-0.3, -0.25) is 0 Å². The molecule has 0 aromatic heterocycles. The molecule has 1 fully saturated rings. The molecule has 30 heavy (non-hydrogen) atoms. The third-order valence-electron chi connectivity index (χ3n) is 4.72. The monoisotopic (exact) mass is 554 g/mol. The first kappa shape index (κ1) is 27.1. The van der Waals surface area contributed by atoms with Gasteiger partial charge in [0.1, 0.15) is 0 Å². The van der Waals surface area contributed by atoms with Crippen molar-refractivity contribution in [1.29, 1.82) is 0 Å². The third-order valence-corrected chi connectivity index (χ3v) is 6.15. The van der Waals surface area contributed by atoms with Crippen LogP contribution in [0.15, 0.2) is 34.2 Å². The van der Waals surface area contributed by atoms with Crippen molar-refractivity contribution in [2.75, 3.05) is 46.6 Å². The van der Waals surface area contributed by atoms with Gasteiger partial charge in [0.15, 0.2) is 5.96 Å². The maximum atomic E-state index is 11.8. The first-order valence-electron chi connectivity index (χ1n) is 10.2. The minimum absolute atomic E-state index is 0. The maximum Gasteiger partial charge on any atom is 0.240 e. The van der Waals surface area contributed by atoms with Crippen LogP contribution in [0.5, 0.6) is 0 Å². The van der Waals surface area contributed by atoms with Crippen molar-refractivity contribution in [1.82, 2.24) is 15.4 Å². The van der Waals surface area contributed by atoms with Crippen molar-refractivity contribution < 1.29 is 17.9 Å². The summed E-state index contributed by atoms with van der Waals surface area (Å²) in [7, 11) is -2.01. The standard InChI is InChI=1S/C20H34N4O4S.HI/c1-3-22-20(23-11-4-12-28-16-18-9-13-27-14-10-18)24-15-17-5-7-19(8-6-17)29(25,26)21-2;/h5-8,18,21H,3-4,9-16H2,1-2H3,(H2,22,23,24);1H. The van der Waals surface area contributed by atoms with E-state index in [1.165, 1.54) is 7.05 Å². The molecule has 0 radical (unpaired) electrons. The molecule has 0 atom stereocenters. The minimum atomic E-state index is -3.41. The maximum absolute atomic E-state index is 11.8. The average Bonchev–Trinajstić information content (AvgIpc) is 2.75. The van der Waals surface area contributed by atoms with Gasteiger partial charge in [-0.05, 0) is 56.8 Å². The molecule has 10 heteroatoms. The normalized spacial score (nSPS) is 15.5. The lowest BCUT2D eigenvalue weighted by Gasteiger charge is -2.21. The van der Waals surface area contributed by atoms with E-state index >= 15 is 0 Å². The van der Waals surface area contributed by atoms with Crippen molar-refractivity contribution in [3.8, 4) is 0 Å². The van der Waals surface area contributed by atoms with Crippen LogP contribution in [0.2, 0.25) is 0 Å². The van der Waals surface area contributed by atoms with E-state index in [0.29, 0.717) is 12.5 Å². The number of sulfonamides is 1. The average molecular weight is 554 g/mol. The molecule has 1 saturated heterocycles. The Morgan fingerprint density at radius 2 is 1.90 bits per heavy atom. The number of nitrogens with one attached hydrogen (secondary N) is 3. The van der Waals surface area contributed by atoms with Crippen molar-refractivity contribution in [3.63, 3.8) is 0 Å². The SMILES string of the molecule is CCNC(=NCc1ccc(S(=O)(=O)NC)cc1)NCCCOCC1CCOCC1.I. The van der Waals surface area contributed by atoms with Gasteiger partial charge in [-0.15, -0.1) is 24.0 Å². The fourth-order valence-corrected chi connectivity index (χ4v) is 3.68. The summed E-state index contributed by atoms with van der Waals surface area (Å²) >= 11 is 0. The molecule has 0 unspecified atom stereocenters. The van der Waals surface area contributed by atoms with Crippen LogP contribution in [-0.4, -0.2) is 60.9 Å². The molecular formula is C20H35IN4O4S. The molecule has 0 bridgehead atoms. The van der Waals surface area contributed by atoms with Crippen molar-refractivity contribution >= 4 is 40.0 Å². The Bertz CT molecular complexity index is 723. The Morgan fingerprint density at radius 1 is 1.20 bits per heavy atom. The molecule has 1 aliphatic rings. The zero-order chi connectivity index (χ0) is 21.0. The van der Waals surface area contributed by atoms with Crippen LogP contribution in [0, 0.1) is 5.92 Å². The van der Waals surface area contributed by atoms with Crippen LogP contribution in [0.4, 0.5) is 0 Å². The van der Waals surface area contributed by atoms with Crippen LogP contribution >= 0.6 is 24.0 Å². The summed E-state index contributed by atoms with van der Waals surface area (Å²) in [6, 6.07) is 6.74. The molecule has 2 rings (SSSR count). The lowest BCUT2D eigenvalue weighted by molar-refractivity contribution is 0.0203. The topological polar surface area (TPSA) is 101 Å². The van der Waals surface area contributed by atoms with E-state index in [-0.39, 0.29) is 28.9 Å². The molecule has 1 aromatic carbocycles. The van der Waals surface area contributed by atoms with Gasteiger partial charge in [0, 0.05) is 39.5 Å². The summed E-state index contributed by atoms with van der Waals surface area (Å²) in [6.45, 7) is 7.28. The molecule has 0 aliphatic carbocycles. The first-order valence-corrected chi connectivity index (χ1v) is 11.7. The number of aliphatic imine (C=N–C) groups is 1. The number of hydrogen-bond donors (Lipinski definition) is 3. The summed E-state index contributed by atoms with van der Waals surface area (Å²) in [6.07, 6.45) is 3.10. The van der Waals surface area contributed by atoms with Crippen molar-refractivity contribution in [3.05, 3.63) is 29.8 Å². The quantitative estimate of drug-likeness (QED) is 0.168. The highest BCUT2D eigenvalue weighted by Crippen LogP contribution is 2.14. The molecular weight excluding hydrogens is 519 g/mol. The highest BCUT2D eigenvalue weighted by atomic mass is 127. The predicted molar refractivity (Wildman–Crippen MR) is 130 cm³/mol. The van der Waals surface area contributed by atoms with Gasteiger partial charge < -0.3 is 20.1 Å². The molecule has 0 saturated carbocycles. The zero-order valence-corrected chi connectivity index (χ0v) is 21.0. The van der Waals surface area contributed by atoms with Crippen LogP contribution < -0.4 is 15.4 Å². The van der Waals surface area contributed by atoms with E-state index in [0.717, 1.165) is 70.3 Å². The molecule has 1 aromatic rings. The minimum Gasteiger partial charge on any atom is -0.381 e. The molecule has 1 aliphatic heterocycles. The second kappa shape index (κ2) is 15.0. The lowest BCUT2D eigenvalue weighted by Crippen LogP contribution is -2.38. The number of nitrogens with zero attached hydrogens (tertiary/aromatic N) is 1. The highest BCUT2D eigenvalue weighted by molar-refractivity contribution is 14.0. The van der Waals surface area contributed by atoms with Crippen LogP contribution in [0.1, 0.15) is 31.7 Å². The fourth-order valence-electron chi connectivity index (χ4n) is 2.95. The van der Waals surface area contributed by atoms with Gasteiger partial charge >= 0.3 is 0 Å². The van der Waals surface area contributed by atoms with E-state index in [4.69, 9.17) is 9.47 Å². The number of guanidine groups is 1. The molecule has 8 nitrogen and oxygen atoms in total. The van der Waals surface area contributed by atoms with E-state index in [9.17, 15) is 8.42 Å². The predicted octanol–water partition coefficient (Wildman–Crippen LogP) is 2.10. The Hall–Kier alpha value is -0.950. The molecule has 1 heterocycles. The Balaban J connectivity index is 0.00000450. The second-order valence-electron chi connectivity index (χ2n) is 6.96. The lowest BCUT2D eigenvalue weighted by atomic mass is 10.0. The summed E-state index contributed by atoms with van der Waals surface area (Å²) in [5.41, 5.74) is 0.942. The largest absolute Gasteiger partial charge is 0.381 e. The summed E-state index contributed by atoms with van der Waals surface area (Å²) in [5.74, 6) is 1.37. The zero-order valence-electron chi connectivity index (χ0n) is 17.9. The van der Waals surface area contributed by atoms with E-state index in [1.54, 1.807) is 24.3 Å². The first-order chi connectivity index (χ1) is 14.0. The second-order valence-corrected chi connectivity index (χ2v) is 8.84. The van der Waals surface area contributed by atoms with E-state index in [1.807, 2.05) is 6.92 Å². The summed E-state index contributed by atoms with van der Waals surface area (Å²) in [5, 5.41) is 6.53. The van der Waals surface area contributed by atoms with E-state index in [2.05, 4.69) is 20.3 Å². The molecule has 172 valence electrons. The van der Waals surface area contributed by atoms with Gasteiger partial charge in [0.2, 0.25) is 10.0 Å². The molecule has 3 N–H and O–H groups in total. The number of benzene rings is 1. The Labute approximate surface area is 197 Å². The fraction of sp³-hybridized carbons (Fsp3) is 0.650. The summed E-state index contributed by atoms with van der Waals surface area (Å²) < 4.78 is 37.0. The van der Waals surface area contributed by atoms with Crippen molar-refractivity contribution in [2.24, 2.45) is 10.9 Å². The number of halogens is 1. The van der Waals surface area contributed by atoms with Gasteiger partial charge in [0.25, 0.3) is 0 Å². The molecule has 0 spiro atoms. The van der Waals surface area contributed by atoms with Crippen LogP contribution in [-0.2, 0) is 26.0 Å². The Kier molecular flexibility index (Phi) is 13.5. The van der Waals surface area contributed by atoms with Gasteiger partial charge in [-0.2, -0.15) is 0 Å². The highest BCUT2D eigenvalue weighted by Gasteiger charge is 2.13. The third kappa shape index (κ3) is 9.90. The van der Waals surface area contributed by atoms with Gasteiger partial charge in [0.05, 0.1) is 11.4 Å². The summed E-state index contributed by atoms with van der Waals surface area (Å²) in [4.78, 5) is 4.81. The number of hydrogen-bond acceptors (Lipinski definition) is 5. The number of rotatable bonds is 11.